The quantitative estimate of drug-likeness (QED) is 0.767. The van der Waals surface area contributed by atoms with Crippen LogP contribution in [0, 0.1) is 12.8 Å². The number of methoxy groups -OCH3 is 1. The molecule has 1 amide bonds. The minimum atomic E-state index is -0.124. The molecule has 1 aromatic carbocycles. The maximum absolute atomic E-state index is 12.3. The Labute approximate surface area is 149 Å². The van der Waals surface area contributed by atoms with E-state index >= 15 is 0 Å². The number of piperidine rings is 1. The smallest absolute Gasteiger partial charge is 0.310 e. The van der Waals surface area contributed by atoms with Crippen molar-refractivity contribution in [3.63, 3.8) is 0 Å². The number of benzene rings is 1. The number of likely N-dealkylation sites (tertiary alicyclic amines) is 1. The molecular formula is C19H28N2O4. The van der Waals surface area contributed by atoms with Gasteiger partial charge in [-0.3, -0.25) is 9.59 Å². The second-order valence-corrected chi connectivity index (χ2v) is 6.39. The van der Waals surface area contributed by atoms with Crippen LogP contribution in [0.5, 0.6) is 5.75 Å². The molecule has 2 rings (SSSR count). The molecule has 25 heavy (non-hydrogen) atoms. The average Bonchev–Trinajstić information content (AvgIpc) is 2.61. The lowest BCUT2D eigenvalue weighted by Gasteiger charge is -2.31. The molecule has 0 unspecified atom stereocenters. The Kier molecular flexibility index (Phi) is 7.25. The molecule has 0 radical (unpaired) electrons. The van der Waals surface area contributed by atoms with Crippen LogP contribution in [0.2, 0.25) is 0 Å². The third-order valence-electron chi connectivity index (χ3n) is 4.41. The summed E-state index contributed by atoms with van der Waals surface area (Å²) in [5.41, 5.74) is 1.75. The van der Waals surface area contributed by atoms with Gasteiger partial charge in [0, 0.05) is 19.5 Å². The Hall–Kier alpha value is -2.08. The largest absolute Gasteiger partial charge is 0.495 e. The van der Waals surface area contributed by atoms with Crippen LogP contribution in [-0.2, 0) is 14.3 Å². The number of amides is 1. The number of nitrogens with one attached hydrogen (secondary N) is 1. The normalized spacial score (nSPS) is 17.8. The zero-order chi connectivity index (χ0) is 18.2. The summed E-state index contributed by atoms with van der Waals surface area (Å²) in [4.78, 5) is 26.3. The number of carbonyl (C=O) groups excluding carboxylic acids is 2. The van der Waals surface area contributed by atoms with Crippen molar-refractivity contribution < 1.29 is 19.1 Å². The fourth-order valence-corrected chi connectivity index (χ4v) is 3.10. The molecule has 0 aliphatic carbocycles. The van der Waals surface area contributed by atoms with E-state index in [2.05, 4.69) is 10.2 Å². The summed E-state index contributed by atoms with van der Waals surface area (Å²) in [7, 11) is 1.59. The number of carbonyl (C=O) groups is 2. The average molecular weight is 348 g/mol. The van der Waals surface area contributed by atoms with Crippen LogP contribution in [0.15, 0.2) is 18.2 Å². The number of hydrogen-bond donors (Lipinski definition) is 1. The fraction of sp³-hybridized carbons (Fsp3) is 0.579. The Morgan fingerprint density at radius 2 is 2.16 bits per heavy atom. The van der Waals surface area contributed by atoms with Crippen molar-refractivity contribution in [3.8, 4) is 5.75 Å². The molecule has 1 aliphatic heterocycles. The number of rotatable bonds is 7. The number of aryl methyl sites for hydroxylation is 1. The van der Waals surface area contributed by atoms with Crippen molar-refractivity contribution in [1.82, 2.24) is 4.90 Å². The van der Waals surface area contributed by atoms with Crippen molar-refractivity contribution in [2.45, 2.75) is 33.1 Å². The molecule has 6 nitrogen and oxygen atoms in total. The van der Waals surface area contributed by atoms with Crippen LogP contribution in [0.25, 0.3) is 0 Å². The highest BCUT2D eigenvalue weighted by atomic mass is 16.5. The molecule has 6 heteroatoms. The second kappa shape index (κ2) is 9.42. The summed E-state index contributed by atoms with van der Waals surface area (Å²) in [6.45, 7) is 6.42. The first kappa shape index (κ1) is 19.2. The minimum Gasteiger partial charge on any atom is -0.495 e. The number of anilines is 1. The van der Waals surface area contributed by atoms with E-state index in [1.54, 1.807) is 7.11 Å². The van der Waals surface area contributed by atoms with Crippen LogP contribution in [-0.4, -0.2) is 50.1 Å². The molecule has 0 aromatic heterocycles. The lowest BCUT2D eigenvalue weighted by atomic mass is 9.98. The van der Waals surface area contributed by atoms with Gasteiger partial charge in [-0.25, -0.2) is 0 Å². The highest BCUT2D eigenvalue weighted by molar-refractivity contribution is 5.92. The monoisotopic (exact) mass is 348 g/mol. The maximum Gasteiger partial charge on any atom is 0.310 e. The number of hydrogen-bond acceptors (Lipinski definition) is 5. The first-order valence-corrected chi connectivity index (χ1v) is 8.87. The Bertz CT molecular complexity index is 603. The zero-order valence-electron chi connectivity index (χ0n) is 15.3. The van der Waals surface area contributed by atoms with E-state index in [1.807, 2.05) is 32.0 Å². The minimum absolute atomic E-state index is 0.0536. The van der Waals surface area contributed by atoms with Crippen LogP contribution in [0.4, 0.5) is 5.69 Å². The van der Waals surface area contributed by atoms with Gasteiger partial charge in [0.15, 0.2) is 0 Å². The number of nitrogens with zero attached hydrogens (tertiary/aromatic N) is 1. The van der Waals surface area contributed by atoms with Crippen LogP contribution in [0.3, 0.4) is 0 Å². The summed E-state index contributed by atoms with van der Waals surface area (Å²) < 4.78 is 10.4. The van der Waals surface area contributed by atoms with E-state index in [-0.39, 0.29) is 17.8 Å². The van der Waals surface area contributed by atoms with Crippen molar-refractivity contribution in [2.24, 2.45) is 5.92 Å². The molecule has 0 saturated carbocycles. The van der Waals surface area contributed by atoms with E-state index in [1.165, 1.54) is 0 Å². The van der Waals surface area contributed by atoms with E-state index in [0.29, 0.717) is 37.6 Å². The van der Waals surface area contributed by atoms with E-state index in [4.69, 9.17) is 9.47 Å². The van der Waals surface area contributed by atoms with Crippen LogP contribution in [0.1, 0.15) is 31.7 Å². The second-order valence-electron chi connectivity index (χ2n) is 6.39. The third-order valence-corrected chi connectivity index (χ3v) is 4.41. The molecule has 1 aromatic rings. The van der Waals surface area contributed by atoms with Gasteiger partial charge in [0.1, 0.15) is 5.75 Å². The van der Waals surface area contributed by atoms with E-state index < -0.39 is 0 Å². The summed E-state index contributed by atoms with van der Waals surface area (Å²) in [5, 5.41) is 2.91. The molecule has 1 N–H and O–H groups in total. The lowest BCUT2D eigenvalue weighted by Crippen LogP contribution is -2.40. The number of esters is 1. The van der Waals surface area contributed by atoms with Crippen molar-refractivity contribution in [1.29, 1.82) is 0 Å². The van der Waals surface area contributed by atoms with Crippen LogP contribution < -0.4 is 10.1 Å². The molecule has 1 fully saturated rings. The van der Waals surface area contributed by atoms with Crippen molar-refractivity contribution in [2.75, 3.05) is 38.7 Å². The molecule has 1 heterocycles. The summed E-state index contributed by atoms with van der Waals surface area (Å²) >= 11 is 0. The number of ether oxygens (including phenoxy) is 2. The predicted molar refractivity (Wildman–Crippen MR) is 96.8 cm³/mol. The van der Waals surface area contributed by atoms with Gasteiger partial charge in [0.25, 0.3) is 0 Å². The van der Waals surface area contributed by atoms with Gasteiger partial charge in [0.2, 0.25) is 5.91 Å². The molecule has 1 atom stereocenters. The Morgan fingerprint density at radius 1 is 1.36 bits per heavy atom. The van der Waals surface area contributed by atoms with Gasteiger partial charge in [0.05, 0.1) is 25.3 Å². The fourth-order valence-electron chi connectivity index (χ4n) is 3.10. The lowest BCUT2D eigenvalue weighted by molar-refractivity contribution is -0.149. The summed E-state index contributed by atoms with van der Waals surface area (Å²) in [6.07, 6.45) is 2.20. The Morgan fingerprint density at radius 3 is 2.88 bits per heavy atom. The van der Waals surface area contributed by atoms with Gasteiger partial charge >= 0.3 is 5.97 Å². The molecule has 1 saturated heterocycles. The van der Waals surface area contributed by atoms with E-state index in [9.17, 15) is 9.59 Å². The SMILES string of the molecule is CCOC(=O)[C@@H]1CCCN(CCC(=O)Nc2cc(C)ccc2OC)C1. The first-order valence-electron chi connectivity index (χ1n) is 8.87. The predicted octanol–water partition coefficient (Wildman–Crippen LogP) is 2.61. The van der Waals surface area contributed by atoms with E-state index in [0.717, 1.165) is 24.9 Å². The molecule has 0 bridgehead atoms. The maximum atomic E-state index is 12.3. The zero-order valence-corrected chi connectivity index (χ0v) is 15.3. The molecule has 0 spiro atoms. The van der Waals surface area contributed by atoms with Crippen molar-refractivity contribution >= 4 is 17.6 Å². The van der Waals surface area contributed by atoms with Gasteiger partial charge < -0.3 is 19.7 Å². The van der Waals surface area contributed by atoms with Crippen molar-refractivity contribution in [3.05, 3.63) is 23.8 Å². The molecule has 138 valence electrons. The summed E-state index contributed by atoms with van der Waals surface area (Å²) in [5.74, 6) is 0.399. The Balaban J connectivity index is 1.83. The standard InChI is InChI=1S/C19H28N2O4/c1-4-25-19(23)15-6-5-10-21(13-15)11-9-18(22)20-16-12-14(2)7-8-17(16)24-3/h7-8,12,15H,4-6,9-11,13H2,1-3H3,(H,20,22)/t15-/m1/s1. The molecule has 1 aliphatic rings. The summed E-state index contributed by atoms with van der Waals surface area (Å²) in [6, 6.07) is 5.69. The highest BCUT2D eigenvalue weighted by Crippen LogP contribution is 2.25. The highest BCUT2D eigenvalue weighted by Gasteiger charge is 2.26. The van der Waals surface area contributed by atoms with Gasteiger partial charge in [-0.05, 0) is 50.9 Å². The van der Waals surface area contributed by atoms with Gasteiger partial charge in [-0.2, -0.15) is 0 Å². The van der Waals surface area contributed by atoms with Gasteiger partial charge in [-0.15, -0.1) is 0 Å². The first-order chi connectivity index (χ1) is 12.0. The van der Waals surface area contributed by atoms with Crippen LogP contribution >= 0.6 is 0 Å². The third kappa shape index (κ3) is 5.74. The van der Waals surface area contributed by atoms with Gasteiger partial charge in [-0.1, -0.05) is 6.07 Å². The molecular weight excluding hydrogens is 320 g/mol. The topological polar surface area (TPSA) is 67.9 Å².